The van der Waals surface area contributed by atoms with E-state index in [-0.39, 0.29) is 18.3 Å². The molecule has 0 unspecified atom stereocenters. The number of halogens is 1. The average molecular weight is 380 g/mol. The second-order valence-corrected chi connectivity index (χ2v) is 6.93. The van der Waals surface area contributed by atoms with Gasteiger partial charge in [-0.25, -0.2) is 4.39 Å². The Labute approximate surface area is 162 Å². The third kappa shape index (κ3) is 4.03. The number of rotatable bonds is 5. The van der Waals surface area contributed by atoms with Crippen molar-refractivity contribution in [2.24, 2.45) is 0 Å². The SMILES string of the molecule is Cc1nnc2n1C[C@@H](c1cccc(NC(=O)COc3ccc(F)cc3)c1)CC2. The van der Waals surface area contributed by atoms with Crippen LogP contribution in [0.1, 0.15) is 29.6 Å². The summed E-state index contributed by atoms with van der Waals surface area (Å²) >= 11 is 0. The maximum absolute atomic E-state index is 12.9. The summed E-state index contributed by atoms with van der Waals surface area (Å²) in [5, 5.41) is 11.2. The summed E-state index contributed by atoms with van der Waals surface area (Å²) in [6, 6.07) is 13.5. The first-order valence-corrected chi connectivity index (χ1v) is 9.25. The maximum Gasteiger partial charge on any atom is 0.262 e. The molecule has 0 aliphatic carbocycles. The van der Waals surface area contributed by atoms with E-state index in [2.05, 4.69) is 26.1 Å². The fraction of sp³-hybridized carbons (Fsp3) is 0.286. The van der Waals surface area contributed by atoms with Crippen molar-refractivity contribution in [1.29, 1.82) is 0 Å². The highest BCUT2D eigenvalue weighted by Crippen LogP contribution is 2.30. The van der Waals surface area contributed by atoms with Gasteiger partial charge in [0.25, 0.3) is 5.91 Å². The number of anilines is 1. The molecule has 2 heterocycles. The molecule has 7 heteroatoms. The Balaban J connectivity index is 1.38. The van der Waals surface area contributed by atoms with Crippen LogP contribution in [0.5, 0.6) is 5.75 Å². The van der Waals surface area contributed by atoms with Crippen LogP contribution in [0.3, 0.4) is 0 Å². The van der Waals surface area contributed by atoms with Gasteiger partial charge in [-0.05, 0) is 55.3 Å². The second-order valence-electron chi connectivity index (χ2n) is 6.93. The molecule has 0 radical (unpaired) electrons. The lowest BCUT2D eigenvalue weighted by Gasteiger charge is -2.24. The Kier molecular flexibility index (Phi) is 5.06. The van der Waals surface area contributed by atoms with Gasteiger partial charge in [0, 0.05) is 24.6 Å². The number of nitrogens with zero attached hydrogens (tertiary/aromatic N) is 3. The van der Waals surface area contributed by atoms with E-state index in [4.69, 9.17) is 4.74 Å². The topological polar surface area (TPSA) is 69.0 Å². The molecule has 0 bridgehead atoms. The van der Waals surface area contributed by atoms with Gasteiger partial charge in [0.05, 0.1) is 0 Å². The van der Waals surface area contributed by atoms with Crippen LogP contribution in [0.25, 0.3) is 0 Å². The third-order valence-corrected chi connectivity index (χ3v) is 4.96. The van der Waals surface area contributed by atoms with Crippen LogP contribution in [-0.2, 0) is 17.8 Å². The summed E-state index contributed by atoms with van der Waals surface area (Å²) in [6.07, 6.45) is 1.90. The molecular formula is C21H21FN4O2. The maximum atomic E-state index is 12.9. The van der Waals surface area contributed by atoms with Crippen LogP contribution in [0, 0.1) is 12.7 Å². The minimum Gasteiger partial charge on any atom is -0.484 e. The van der Waals surface area contributed by atoms with Crippen molar-refractivity contribution in [2.75, 3.05) is 11.9 Å². The van der Waals surface area contributed by atoms with E-state index < -0.39 is 0 Å². The zero-order valence-electron chi connectivity index (χ0n) is 15.6. The summed E-state index contributed by atoms with van der Waals surface area (Å²) in [7, 11) is 0. The molecule has 0 saturated carbocycles. The number of aromatic nitrogens is 3. The summed E-state index contributed by atoms with van der Waals surface area (Å²) in [4.78, 5) is 12.2. The van der Waals surface area contributed by atoms with Gasteiger partial charge in [-0.2, -0.15) is 0 Å². The predicted molar refractivity (Wildman–Crippen MR) is 103 cm³/mol. The highest BCUT2D eigenvalue weighted by molar-refractivity contribution is 5.91. The Hall–Kier alpha value is -3.22. The fourth-order valence-electron chi connectivity index (χ4n) is 3.48. The summed E-state index contributed by atoms with van der Waals surface area (Å²) in [5.74, 6) is 2.17. The van der Waals surface area contributed by atoms with Crippen molar-refractivity contribution in [2.45, 2.75) is 32.2 Å². The average Bonchev–Trinajstić information content (AvgIpc) is 3.08. The van der Waals surface area contributed by atoms with Crippen molar-refractivity contribution in [3.05, 3.63) is 71.6 Å². The number of benzene rings is 2. The Morgan fingerprint density at radius 3 is 2.89 bits per heavy atom. The highest BCUT2D eigenvalue weighted by atomic mass is 19.1. The Morgan fingerprint density at radius 2 is 2.07 bits per heavy atom. The lowest BCUT2D eigenvalue weighted by Crippen LogP contribution is -2.21. The number of aryl methyl sites for hydroxylation is 2. The van der Waals surface area contributed by atoms with Crippen molar-refractivity contribution in [3.63, 3.8) is 0 Å². The summed E-state index contributed by atoms with van der Waals surface area (Å²) < 4.78 is 20.5. The molecule has 0 saturated heterocycles. The smallest absolute Gasteiger partial charge is 0.262 e. The van der Waals surface area contributed by atoms with E-state index in [0.29, 0.717) is 11.7 Å². The minimum absolute atomic E-state index is 0.136. The van der Waals surface area contributed by atoms with Gasteiger partial charge in [0.15, 0.2) is 6.61 Å². The normalized spacial score (nSPS) is 15.7. The minimum atomic E-state index is -0.342. The fourth-order valence-corrected chi connectivity index (χ4v) is 3.48. The van der Waals surface area contributed by atoms with Gasteiger partial charge in [-0.1, -0.05) is 12.1 Å². The van der Waals surface area contributed by atoms with Crippen molar-refractivity contribution in [1.82, 2.24) is 14.8 Å². The molecule has 28 heavy (non-hydrogen) atoms. The molecule has 1 amide bonds. The van der Waals surface area contributed by atoms with Crippen LogP contribution in [0.4, 0.5) is 10.1 Å². The molecule has 1 N–H and O–H groups in total. The quantitative estimate of drug-likeness (QED) is 0.736. The number of fused-ring (bicyclic) bond motifs is 1. The molecule has 6 nitrogen and oxygen atoms in total. The van der Waals surface area contributed by atoms with Crippen LogP contribution in [-0.4, -0.2) is 27.3 Å². The second kappa shape index (κ2) is 7.80. The monoisotopic (exact) mass is 380 g/mol. The van der Waals surface area contributed by atoms with E-state index in [1.54, 1.807) is 0 Å². The Bertz CT molecular complexity index is 984. The first kappa shape index (κ1) is 18.2. The van der Waals surface area contributed by atoms with E-state index in [9.17, 15) is 9.18 Å². The number of hydrogen-bond donors (Lipinski definition) is 1. The van der Waals surface area contributed by atoms with Crippen LogP contribution in [0.2, 0.25) is 0 Å². The molecule has 1 aromatic heterocycles. The molecule has 0 fully saturated rings. The molecule has 3 aromatic rings. The largest absolute Gasteiger partial charge is 0.484 e. The van der Waals surface area contributed by atoms with Crippen LogP contribution in [0.15, 0.2) is 48.5 Å². The molecule has 1 aliphatic rings. The number of nitrogens with one attached hydrogen (secondary N) is 1. The molecular weight excluding hydrogens is 359 g/mol. The highest BCUT2D eigenvalue weighted by Gasteiger charge is 2.23. The number of carbonyl (C=O) groups is 1. The van der Waals surface area contributed by atoms with Gasteiger partial charge in [-0.3, -0.25) is 4.79 Å². The van der Waals surface area contributed by atoms with Gasteiger partial charge >= 0.3 is 0 Å². The number of amides is 1. The first-order chi connectivity index (χ1) is 13.6. The molecule has 144 valence electrons. The molecule has 1 atom stereocenters. The van der Waals surface area contributed by atoms with Crippen LogP contribution < -0.4 is 10.1 Å². The first-order valence-electron chi connectivity index (χ1n) is 9.25. The van der Waals surface area contributed by atoms with Crippen LogP contribution >= 0.6 is 0 Å². The molecule has 0 spiro atoms. The van der Waals surface area contributed by atoms with Crippen molar-refractivity contribution < 1.29 is 13.9 Å². The molecule has 4 rings (SSSR count). The number of carbonyl (C=O) groups excluding carboxylic acids is 1. The predicted octanol–water partition coefficient (Wildman–Crippen LogP) is 3.47. The number of ether oxygens (including phenoxy) is 1. The van der Waals surface area contributed by atoms with E-state index in [1.807, 2.05) is 25.1 Å². The van der Waals surface area contributed by atoms with Gasteiger partial charge in [-0.15, -0.1) is 10.2 Å². The van der Waals surface area contributed by atoms with Crippen molar-refractivity contribution >= 4 is 11.6 Å². The van der Waals surface area contributed by atoms with Gasteiger partial charge in [0.1, 0.15) is 23.2 Å². The van der Waals surface area contributed by atoms with E-state index >= 15 is 0 Å². The van der Waals surface area contributed by atoms with E-state index in [0.717, 1.165) is 36.7 Å². The van der Waals surface area contributed by atoms with E-state index in [1.165, 1.54) is 29.8 Å². The standard InChI is InChI=1S/C21H21FN4O2/c1-14-24-25-20-10-5-16(12-26(14)20)15-3-2-4-18(11-15)23-21(27)13-28-19-8-6-17(22)7-9-19/h2-4,6-9,11,16H,5,10,12-13H2,1H3,(H,23,27)/t16-/m0/s1. The van der Waals surface area contributed by atoms with Gasteiger partial charge in [0.2, 0.25) is 0 Å². The zero-order valence-corrected chi connectivity index (χ0v) is 15.6. The summed E-state index contributed by atoms with van der Waals surface area (Å²) in [6.45, 7) is 2.68. The Morgan fingerprint density at radius 1 is 1.25 bits per heavy atom. The lowest BCUT2D eigenvalue weighted by atomic mass is 9.91. The third-order valence-electron chi connectivity index (χ3n) is 4.96. The number of hydrogen-bond acceptors (Lipinski definition) is 4. The zero-order chi connectivity index (χ0) is 19.5. The summed E-state index contributed by atoms with van der Waals surface area (Å²) in [5.41, 5.74) is 1.91. The molecule has 1 aliphatic heterocycles. The lowest BCUT2D eigenvalue weighted by molar-refractivity contribution is -0.118. The van der Waals surface area contributed by atoms with Crippen molar-refractivity contribution in [3.8, 4) is 5.75 Å². The molecule has 2 aromatic carbocycles. The van der Waals surface area contributed by atoms with Gasteiger partial charge < -0.3 is 14.6 Å².